The van der Waals surface area contributed by atoms with Crippen molar-refractivity contribution in [3.05, 3.63) is 55.0 Å². The summed E-state index contributed by atoms with van der Waals surface area (Å²) in [5.41, 5.74) is 4.36. The zero-order valence-corrected chi connectivity index (χ0v) is 23.5. The summed E-state index contributed by atoms with van der Waals surface area (Å²) in [5.74, 6) is 1.10. The van der Waals surface area contributed by atoms with Crippen LogP contribution in [0.3, 0.4) is 0 Å². The first kappa shape index (κ1) is 26.7. The number of amides is 1. The molecule has 1 aromatic carbocycles. The highest BCUT2D eigenvalue weighted by Gasteiger charge is 2.32. The summed E-state index contributed by atoms with van der Waals surface area (Å²) in [4.78, 5) is 29.1. The monoisotopic (exact) mass is 541 g/mol. The Morgan fingerprint density at radius 3 is 2.60 bits per heavy atom. The van der Waals surface area contributed by atoms with E-state index in [0.717, 1.165) is 92.6 Å². The molecule has 1 aliphatic heterocycles. The molecule has 4 aromatic rings. The van der Waals surface area contributed by atoms with Gasteiger partial charge in [-0.15, -0.1) is 0 Å². The van der Waals surface area contributed by atoms with Gasteiger partial charge in [0.25, 0.3) is 0 Å². The molecule has 8 heteroatoms. The van der Waals surface area contributed by atoms with Crippen molar-refractivity contribution in [1.29, 1.82) is 0 Å². The summed E-state index contributed by atoms with van der Waals surface area (Å²) in [5, 5.41) is 2.31. The van der Waals surface area contributed by atoms with Gasteiger partial charge in [0.1, 0.15) is 6.10 Å². The minimum Gasteiger partial charge on any atom is -0.474 e. The van der Waals surface area contributed by atoms with Gasteiger partial charge in [-0.2, -0.15) is 0 Å². The molecule has 1 saturated carbocycles. The van der Waals surface area contributed by atoms with Gasteiger partial charge in [0, 0.05) is 110 Å². The van der Waals surface area contributed by atoms with E-state index in [9.17, 15) is 4.79 Å². The Kier molecular flexibility index (Phi) is 7.98. The van der Waals surface area contributed by atoms with Crippen LogP contribution in [0.1, 0.15) is 39.5 Å². The molecule has 2 aliphatic rings. The molecule has 1 atom stereocenters. The van der Waals surface area contributed by atoms with Crippen molar-refractivity contribution < 1.29 is 14.3 Å². The standard InChI is InChI=1S/C32H39N5O3/c1-3-22(2)32(38)37-14-12-36(13-15-37)11-4-16-39-25-18-26(19-25)40-31-8-6-24(20-34-31)23-5-7-27-28-21-33-10-9-29(28)35-30(27)17-23/h5-10,17,20-22,25-26,35H,3-4,11-16,18-19H2,1-2H3. The van der Waals surface area contributed by atoms with Crippen LogP contribution < -0.4 is 4.74 Å². The third-order valence-corrected chi connectivity index (χ3v) is 8.50. The second-order valence-corrected chi connectivity index (χ2v) is 11.2. The minimum atomic E-state index is 0.135. The van der Waals surface area contributed by atoms with Crippen molar-refractivity contribution in [2.45, 2.75) is 51.7 Å². The van der Waals surface area contributed by atoms with E-state index < -0.39 is 0 Å². The van der Waals surface area contributed by atoms with E-state index in [0.29, 0.717) is 11.8 Å². The van der Waals surface area contributed by atoms with Gasteiger partial charge >= 0.3 is 0 Å². The Balaban J connectivity index is 0.898. The number of piperazine rings is 1. The first-order chi connectivity index (χ1) is 19.6. The Morgan fingerprint density at radius 2 is 1.82 bits per heavy atom. The lowest BCUT2D eigenvalue weighted by Crippen LogP contribution is -2.50. The molecule has 0 spiro atoms. The first-order valence-electron chi connectivity index (χ1n) is 14.7. The number of carbonyl (C=O) groups is 1. The van der Waals surface area contributed by atoms with Gasteiger partial charge in [-0.25, -0.2) is 4.98 Å². The van der Waals surface area contributed by atoms with E-state index >= 15 is 0 Å². The number of carbonyl (C=O) groups excluding carboxylic acids is 1. The molecule has 1 aliphatic carbocycles. The van der Waals surface area contributed by atoms with Crippen LogP contribution in [-0.2, 0) is 9.53 Å². The lowest BCUT2D eigenvalue weighted by atomic mass is 9.92. The predicted octanol–water partition coefficient (Wildman–Crippen LogP) is 5.28. The minimum absolute atomic E-state index is 0.135. The third kappa shape index (κ3) is 5.83. The number of nitrogens with zero attached hydrogens (tertiary/aromatic N) is 4. The van der Waals surface area contributed by atoms with Crippen molar-refractivity contribution in [2.75, 3.05) is 39.3 Å². The van der Waals surface area contributed by atoms with Crippen LogP contribution in [0, 0.1) is 5.92 Å². The number of hydrogen-bond donors (Lipinski definition) is 1. The van der Waals surface area contributed by atoms with Crippen LogP contribution in [0.5, 0.6) is 5.88 Å². The summed E-state index contributed by atoms with van der Waals surface area (Å²) >= 11 is 0. The average molecular weight is 542 g/mol. The van der Waals surface area contributed by atoms with E-state index in [1.54, 1.807) is 0 Å². The normalized spacial score (nSPS) is 20.5. The van der Waals surface area contributed by atoms with Crippen molar-refractivity contribution in [2.24, 2.45) is 5.92 Å². The van der Waals surface area contributed by atoms with E-state index in [1.807, 2.05) is 42.5 Å². The molecule has 40 heavy (non-hydrogen) atoms. The first-order valence-corrected chi connectivity index (χ1v) is 14.7. The van der Waals surface area contributed by atoms with Crippen molar-refractivity contribution in [3.8, 4) is 17.0 Å². The fraction of sp³-hybridized carbons (Fsp3) is 0.469. The van der Waals surface area contributed by atoms with E-state index in [4.69, 9.17) is 9.47 Å². The van der Waals surface area contributed by atoms with Crippen molar-refractivity contribution in [1.82, 2.24) is 24.8 Å². The highest BCUT2D eigenvalue weighted by Crippen LogP contribution is 2.31. The third-order valence-electron chi connectivity index (χ3n) is 8.50. The zero-order valence-electron chi connectivity index (χ0n) is 23.5. The molecule has 1 unspecified atom stereocenters. The SMILES string of the molecule is CCC(C)C(=O)N1CCN(CCCOC2CC(Oc3ccc(-c4ccc5c(c4)[nH]c4ccncc45)cn3)C2)CC1. The molecule has 1 saturated heterocycles. The smallest absolute Gasteiger partial charge is 0.225 e. The lowest BCUT2D eigenvalue weighted by Gasteiger charge is -2.36. The number of H-pyrrole nitrogens is 1. The van der Waals surface area contributed by atoms with Crippen LogP contribution in [0.4, 0.5) is 0 Å². The van der Waals surface area contributed by atoms with Gasteiger partial charge in [0.05, 0.1) is 6.10 Å². The fourth-order valence-electron chi connectivity index (χ4n) is 5.68. The number of hydrogen-bond acceptors (Lipinski definition) is 6. The molecular formula is C32H39N5O3. The van der Waals surface area contributed by atoms with Gasteiger partial charge in [0.2, 0.25) is 11.8 Å². The second kappa shape index (κ2) is 11.9. The van der Waals surface area contributed by atoms with Gasteiger partial charge in [-0.3, -0.25) is 14.7 Å². The topological polar surface area (TPSA) is 83.6 Å². The summed E-state index contributed by atoms with van der Waals surface area (Å²) < 4.78 is 12.2. The Morgan fingerprint density at radius 1 is 1.00 bits per heavy atom. The molecule has 1 N–H and O–H groups in total. The number of aromatic amines is 1. The number of ether oxygens (including phenoxy) is 2. The predicted molar refractivity (Wildman–Crippen MR) is 157 cm³/mol. The molecule has 1 amide bonds. The lowest BCUT2D eigenvalue weighted by molar-refractivity contribution is -0.136. The number of pyridine rings is 2. The summed E-state index contributed by atoms with van der Waals surface area (Å²) in [6.07, 6.45) is 9.77. The number of nitrogens with one attached hydrogen (secondary N) is 1. The summed E-state index contributed by atoms with van der Waals surface area (Å²) in [7, 11) is 0. The number of rotatable bonds is 10. The quantitative estimate of drug-likeness (QED) is 0.275. The Hall–Kier alpha value is -3.49. The molecule has 0 bridgehead atoms. The van der Waals surface area contributed by atoms with Gasteiger partial charge in [-0.1, -0.05) is 26.0 Å². The number of fused-ring (bicyclic) bond motifs is 3. The number of aromatic nitrogens is 3. The summed E-state index contributed by atoms with van der Waals surface area (Å²) in [6, 6.07) is 12.5. The Bertz CT molecular complexity index is 1440. The van der Waals surface area contributed by atoms with E-state index in [1.165, 1.54) is 5.39 Å². The molecule has 6 rings (SSSR count). The highest BCUT2D eigenvalue weighted by molar-refractivity contribution is 6.07. The molecule has 210 valence electrons. The van der Waals surface area contributed by atoms with Crippen LogP contribution in [0.2, 0.25) is 0 Å². The summed E-state index contributed by atoms with van der Waals surface area (Å²) in [6.45, 7) is 9.52. The van der Waals surface area contributed by atoms with Crippen molar-refractivity contribution in [3.63, 3.8) is 0 Å². The van der Waals surface area contributed by atoms with Crippen LogP contribution in [-0.4, -0.2) is 82.2 Å². The maximum absolute atomic E-state index is 12.4. The van der Waals surface area contributed by atoms with Crippen LogP contribution in [0.25, 0.3) is 32.9 Å². The van der Waals surface area contributed by atoms with Gasteiger partial charge in [-0.05, 0) is 36.6 Å². The van der Waals surface area contributed by atoms with Crippen molar-refractivity contribution >= 4 is 27.7 Å². The molecule has 8 nitrogen and oxygen atoms in total. The Labute approximate surface area is 235 Å². The molecule has 2 fully saturated rings. The molecular weight excluding hydrogens is 502 g/mol. The highest BCUT2D eigenvalue weighted by atomic mass is 16.5. The number of benzene rings is 1. The fourth-order valence-corrected chi connectivity index (χ4v) is 5.68. The maximum Gasteiger partial charge on any atom is 0.225 e. The molecule has 0 radical (unpaired) electrons. The van der Waals surface area contributed by atoms with Crippen LogP contribution >= 0.6 is 0 Å². The molecule has 3 aromatic heterocycles. The van der Waals surface area contributed by atoms with Crippen LogP contribution in [0.15, 0.2) is 55.0 Å². The van der Waals surface area contributed by atoms with E-state index in [-0.39, 0.29) is 18.1 Å². The van der Waals surface area contributed by atoms with Gasteiger partial charge in [0.15, 0.2) is 0 Å². The average Bonchev–Trinajstić information content (AvgIpc) is 3.35. The molecule has 4 heterocycles. The van der Waals surface area contributed by atoms with Gasteiger partial charge < -0.3 is 19.4 Å². The zero-order chi connectivity index (χ0) is 27.5. The maximum atomic E-state index is 12.4. The largest absolute Gasteiger partial charge is 0.474 e. The second-order valence-electron chi connectivity index (χ2n) is 11.2. The van der Waals surface area contributed by atoms with E-state index in [2.05, 4.69) is 51.0 Å².